The minimum atomic E-state index is -0.531. The van der Waals surface area contributed by atoms with Crippen LogP contribution in [0.1, 0.15) is 45.4 Å². The van der Waals surface area contributed by atoms with E-state index in [1.807, 2.05) is 0 Å². The highest BCUT2D eigenvalue weighted by Crippen LogP contribution is 2.60. The molecule has 4 bridgehead atoms. The molecule has 0 saturated heterocycles. The fraction of sp³-hybridized carbons (Fsp3) is 0.875. The van der Waals surface area contributed by atoms with Crippen LogP contribution in [0.5, 0.6) is 0 Å². The molecule has 118 valence electrons. The van der Waals surface area contributed by atoms with Crippen molar-refractivity contribution in [1.29, 1.82) is 0 Å². The number of nitrogens with one attached hydrogen (secondary N) is 2. The van der Waals surface area contributed by atoms with Crippen molar-refractivity contribution in [3.63, 3.8) is 0 Å². The van der Waals surface area contributed by atoms with E-state index in [1.54, 1.807) is 6.92 Å². The van der Waals surface area contributed by atoms with E-state index in [1.165, 1.54) is 19.3 Å². The summed E-state index contributed by atoms with van der Waals surface area (Å²) in [4.78, 5) is 24.6. The van der Waals surface area contributed by atoms with Crippen molar-refractivity contribution in [2.75, 3.05) is 13.2 Å². The fourth-order valence-electron chi connectivity index (χ4n) is 5.14. The maximum absolute atomic E-state index is 12.7. The molecule has 0 aromatic heterocycles. The van der Waals surface area contributed by atoms with Crippen molar-refractivity contribution in [2.24, 2.45) is 23.2 Å². The molecule has 4 saturated carbocycles. The summed E-state index contributed by atoms with van der Waals surface area (Å²) in [5.41, 5.74) is -0.208. The molecule has 0 aliphatic heterocycles. The van der Waals surface area contributed by atoms with Crippen LogP contribution in [-0.4, -0.2) is 36.1 Å². The van der Waals surface area contributed by atoms with Gasteiger partial charge in [-0.3, -0.25) is 9.59 Å². The lowest BCUT2D eigenvalue weighted by Crippen LogP contribution is -2.56. The van der Waals surface area contributed by atoms with Gasteiger partial charge in [0.05, 0.1) is 6.61 Å². The van der Waals surface area contributed by atoms with Gasteiger partial charge in [0.15, 0.2) is 0 Å². The summed E-state index contributed by atoms with van der Waals surface area (Å²) in [5.74, 6) is 2.02. The Labute approximate surface area is 125 Å². The number of hydrogen-bond acceptors (Lipinski definition) is 3. The lowest BCUT2D eigenvalue weighted by Gasteiger charge is -2.55. The van der Waals surface area contributed by atoms with Crippen molar-refractivity contribution in [3.8, 4) is 0 Å². The fourth-order valence-corrected chi connectivity index (χ4v) is 5.14. The summed E-state index contributed by atoms with van der Waals surface area (Å²) in [6.45, 7) is 1.86. The van der Waals surface area contributed by atoms with Crippen molar-refractivity contribution in [3.05, 3.63) is 0 Å². The topological polar surface area (TPSA) is 78.4 Å². The Bertz CT molecular complexity index is 400. The first kappa shape index (κ1) is 14.8. The van der Waals surface area contributed by atoms with Gasteiger partial charge in [0.25, 0.3) is 0 Å². The predicted molar refractivity (Wildman–Crippen MR) is 78.3 cm³/mol. The Morgan fingerprint density at radius 2 is 1.67 bits per heavy atom. The molecule has 1 atom stereocenters. The van der Waals surface area contributed by atoms with Crippen LogP contribution in [0.4, 0.5) is 0 Å². The second kappa shape index (κ2) is 5.59. The first-order valence-electron chi connectivity index (χ1n) is 8.22. The maximum atomic E-state index is 12.7. The first-order chi connectivity index (χ1) is 10.0. The second-order valence-electron chi connectivity index (χ2n) is 7.41. The lowest BCUT2D eigenvalue weighted by molar-refractivity contribution is -0.148. The average molecular weight is 294 g/mol. The van der Waals surface area contributed by atoms with Crippen LogP contribution in [-0.2, 0) is 9.59 Å². The second-order valence-corrected chi connectivity index (χ2v) is 7.41. The summed E-state index contributed by atoms with van der Waals surface area (Å²) >= 11 is 0. The molecule has 5 heteroatoms. The Morgan fingerprint density at radius 3 is 2.14 bits per heavy atom. The molecule has 3 N–H and O–H groups in total. The number of rotatable bonds is 5. The van der Waals surface area contributed by atoms with Gasteiger partial charge < -0.3 is 15.7 Å². The highest BCUT2D eigenvalue weighted by Gasteiger charge is 2.54. The zero-order chi connectivity index (χ0) is 15.0. The van der Waals surface area contributed by atoms with Crippen LogP contribution >= 0.6 is 0 Å². The number of amides is 2. The van der Waals surface area contributed by atoms with Crippen molar-refractivity contribution in [1.82, 2.24) is 10.6 Å². The molecule has 1 unspecified atom stereocenters. The molecule has 0 aromatic carbocycles. The van der Waals surface area contributed by atoms with Crippen LogP contribution in [0.3, 0.4) is 0 Å². The third-order valence-corrected chi connectivity index (χ3v) is 5.67. The summed E-state index contributed by atoms with van der Waals surface area (Å²) in [6, 6.07) is -0.531. The third-order valence-electron chi connectivity index (χ3n) is 5.67. The normalized spacial score (nSPS) is 38.1. The summed E-state index contributed by atoms with van der Waals surface area (Å²) in [5, 5.41) is 14.3. The molecule has 0 aromatic rings. The third kappa shape index (κ3) is 2.80. The van der Waals surface area contributed by atoms with Crippen LogP contribution in [0.25, 0.3) is 0 Å². The highest BCUT2D eigenvalue weighted by molar-refractivity contribution is 5.90. The Kier molecular flexibility index (Phi) is 3.95. The van der Waals surface area contributed by atoms with Gasteiger partial charge in [-0.05, 0) is 63.2 Å². The standard InChI is InChI=1S/C16H26N2O3/c1-10(14(20)17-2-3-19)18-15(21)16-7-11-4-12(8-16)6-13(5-11)9-16/h10-13,19H,2-9H2,1H3,(H,17,20)(H,18,21). The zero-order valence-electron chi connectivity index (χ0n) is 12.7. The summed E-state index contributed by atoms with van der Waals surface area (Å²) < 4.78 is 0. The van der Waals surface area contributed by atoms with Crippen LogP contribution < -0.4 is 10.6 Å². The smallest absolute Gasteiger partial charge is 0.242 e. The van der Waals surface area contributed by atoms with Gasteiger partial charge in [0.1, 0.15) is 6.04 Å². The number of aliphatic hydroxyl groups is 1. The molecule has 4 fully saturated rings. The van der Waals surface area contributed by atoms with Gasteiger partial charge in [0, 0.05) is 12.0 Å². The molecule has 21 heavy (non-hydrogen) atoms. The van der Waals surface area contributed by atoms with Crippen LogP contribution in [0.2, 0.25) is 0 Å². The molecule has 5 nitrogen and oxygen atoms in total. The molecule has 0 spiro atoms. The van der Waals surface area contributed by atoms with E-state index in [0.717, 1.165) is 37.0 Å². The minimum Gasteiger partial charge on any atom is -0.395 e. The van der Waals surface area contributed by atoms with Crippen molar-refractivity contribution in [2.45, 2.75) is 51.5 Å². The van der Waals surface area contributed by atoms with E-state index >= 15 is 0 Å². The van der Waals surface area contributed by atoms with Gasteiger partial charge in [-0.15, -0.1) is 0 Å². The number of hydrogen-bond donors (Lipinski definition) is 3. The van der Waals surface area contributed by atoms with E-state index < -0.39 is 6.04 Å². The molecule has 0 radical (unpaired) electrons. The van der Waals surface area contributed by atoms with E-state index in [-0.39, 0.29) is 30.4 Å². The highest BCUT2D eigenvalue weighted by atomic mass is 16.3. The zero-order valence-corrected chi connectivity index (χ0v) is 12.7. The summed E-state index contributed by atoms with van der Waals surface area (Å²) in [7, 11) is 0. The first-order valence-corrected chi connectivity index (χ1v) is 8.22. The van der Waals surface area contributed by atoms with E-state index in [9.17, 15) is 9.59 Å². The van der Waals surface area contributed by atoms with Gasteiger partial charge in [-0.2, -0.15) is 0 Å². The largest absolute Gasteiger partial charge is 0.395 e. The predicted octanol–water partition coefficient (Wildman–Crippen LogP) is 0.816. The van der Waals surface area contributed by atoms with Crippen molar-refractivity contribution < 1.29 is 14.7 Å². The molecule has 4 aliphatic rings. The van der Waals surface area contributed by atoms with E-state index in [2.05, 4.69) is 10.6 Å². The molecule has 4 rings (SSSR count). The molecular weight excluding hydrogens is 268 g/mol. The molecule has 0 heterocycles. The Balaban J connectivity index is 1.61. The Hall–Kier alpha value is -1.10. The monoisotopic (exact) mass is 294 g/mol. The van der Waals surface area contributed by atoms with Gasteiger partial charge >= 0.3 is 0 Å². The molecule has 2 amide bonds. The number of carbonyl (C=O) groups is 2. The minimum absolute atomic E-state index is 0.0771. The number of aliphatic hydroxyl groups excluding tert-OH is 1. The number of carbonyl (C=O) groups excluding carboxylic acids is 2. The maximum Gasteiger partial charge on any atom is 0.242 e. The van der Waals surface area contributed by atoms with E-state index in [0.29, 0.717) is 0 Å². The average Bonchev–Trinajstić information content (AvgIpc) is 2.43. The summed E-state index contributed by atoms with van der Waals surface area (Å²) in [6.07, 6.45) is 6.94. The SMILES string of the molecule is CC(NC(=O)C12CC3CC(CC(C3)C1)C2)C(=O)NCCO. The van der Waals surface area contributed by atoms with Crippen molar-refractivity contribution >= 4 is 11.8 Å². The molecule has 4 aliphatic carbocycles. The molecular formula is C16H26N2O3. The van der Waals surface area contributed by atoms with Gasteiger partial charge in [0.2, 0.25) is 11.8 Å². The van der Waals surface area contributed by atoms with Crippen LogP contribution in [0.15, 0.2) is 0 Å². The Morgan fingerprint density at radius 1 is 1.14 bits per heavy atom. The van der Waals surface area contributed by atoms with Gasteiger partial charge in [-0.1, -0.05) is 0 Å². The van der Waals surface area contributed by atoms with Gasteiger partial charge in [-0.25, -0.2) is 0 Å². The lowest BCUT2D eigenvalue weighted by atomic mass is 9.49. The van der Waals surface area contributed by atoms with E-state index in [4.69, 9.17) is 5.11 Å². The van der Waals surface area contributed by atoms with Crippen LogP contribution in [0, 0.1) is 23.2 Å². The quantitative estimate of drug-likeness (QED) is 0.702.